The molecule has 1 aliphatic rings. The van der Waals surface area contributed by atoms with Crippen molar-refractivity contribution in [2.45, 2.75) is 13.0 Å². The van der Waals surface area contributed by atoms with Crippen LogP contribution < -0.4 is 15.5 Å². The highest BCUT2D eigenvalue weighted by Gasteiger charge is 2.16. The van der Waals surface area contributed by atoms with Gasteiger partial charge in [0, 0.05) is 31.9 Å². The molecule has 0 radical (unpaired) electrons. The summed E-state index contributed by atoms with van der Waals surface area (Å²) in [6.45, 7) is 5.86. The van der Waals surface area contributed by atoms with Crippen LogP contribution in [0.3, 0.4) is 0 Å². The van der Waals surface area contributed by atoms with E-state index < -0.39 is 23.4 Å². The zero-order chi connectivity index (χ0) is 19.4. The third-order valence-corrected chi connectivity index (χ3v) is 4.81. The lowest BCUT2D eigenvalue weighted by atomic mass is 10.1. The van der Waals surface area contributed by atoms with E-state index in [0.29, 0.717) is 0 Å². The number of carbonyl (C=O) groups is 1. The molecule has 0 aromatic heterocycles. The number of amides is 2. The number of nitrogens with zero attached hydrogens (tertiary/aromatic N) is 2. The summed E-state index contributed by atoms with van der Waals surface area (Å²) >= 11 is 0. The molecule has 1 aliphatic heterocycles. The van der Waals surface area contributed by atoms with Crippen LogP contribution in [0.5, 0.6) is 0 Å². The minimum Gasteiger partial charge on any atom is -0.369 e. The van der Waals surface area contributed by atoms with Crippen LogP contribution in [0.1, 0.15) is 18.5 Å². The number of rotatable bonds is 4. The van der Waals surface area contributed by atoms with E-state index in [2.05, 4.69) is 27.5 Å². The maximum atomic E-state index is 13.6. The van der Waals surface area contributed by atoms with E-state index in [9.17, 15) is 13.6 Å². The molecule has 3 rings (SSSR count). The van der Waals surface area contributed by atoms with Gasteiger partial charge in [0.1, 0.15) is 17.3 Å². The lowest BCUT2D eigenvalue weighted by molar-refractivity contribution is 0.249. The van der Waals surface area contributed by atoms with E-state index in [1.165, 1.54) is 6.07 Å². The summed E-state index contributed by atoms with van der Waals surface area (Å²) in [6, 6.07) is 10.5. The number of anilines is 2. The summed E-state index contributed by atoms with van der Waals surface area (Å²) in [5.41, 5.74) is 1.61. The van der Waals surface area contributed by atoms with Gasteiger partial charge in [0.05, 0.1) is 6.04 Å². The van der Waals surface area contributed by atoms with Crippen molar-refractivity contribution >= 4 is 17.4 Å². The molecule has 144 valence electrons. The van der Waals surface area contributed by atoms with Crippen molar-refractivity contribution in [3.8, 4) is 0 Å². The molecule has 2 aromatic carbocycles. The first-order valence-corrected chi connectivity index (χ1v) is 8.99. The third kappa shape index (κ3) is 4.74. The van der Waals surface area contributed by atoms with E-state index in [0.717, 1.165) is 49.6 Å². The van der Waals surface area contributed by atoms with E-state index in [1.54, 1.807) is 0 Å². The topological polar surface area (TPSA) is 47.6 Å². The Morgan fingerprint density at radius 1 is 1.00 bits per heavy atom. The maximum absolute atomic E-state index is 13.6. The molecule has 2 N–H and O–H groups in total. The molecular formula is C20H24F2N4O. The number of nitrogens with one attached hydrogen (secondary N) is 2. The minimum absolute atomic E-state index is 0.304. The summed E-state index contributed by atoms with van der Waals surface area (Å²) in [7, 11) is 2.12. The lowest BCUT2D eigenvalue weighted by Gasteiger charge is -2.34. The highest BCUT2D eigenvalue weighted by atomic mass is 19.1. The van der Waals surface area contributed by atoms with Gasteiger partial charge in [-0.1, -0.05) is 18.2 Å². The average molecular weight is 374 g/mol. The average Bonchev–Trinajstić information content (AvgIpc) is 2.65. The molecule has 1 saturated heterocycles. The third-order valence-electron chi connectivity index (χ3n) is 4.81. The molecule has 0 saturated carbocycles. The van der Waals surface area contributed by atoms with Crippen LogP contribution in [0.25, 0.3) is 0 Å². The molecule has 0 spiro atoms. The van der Waals surface area contributed by atoms with Crippen LogP contribution in [0.4, 0.5) is 25.0 Å². The predicted molar refractivity (Wildman–Crippen MR) is 103 cm³/mol. The molecule has 1 fully saturated rings. The maximum Gasteiger partial charge on any atom is 0.319 e. The molecule has 27 heavy (non-hydrogen) atoms. The highest BCUT2D eigenvalue weighted by molar-refractivity contribution is 5.89. The Morgan fingerprint density at radius 3 is 2.19 bits per heavy atom. The molecule has 0 aliphatic carbocycles. The fourth-order valence-corrected chi connectivity index (χ4v) is 3.09. The zero-order valence-electron chi connectivity index (χ0n) is 15.5. The van der Waals surface area contributed by atoms with Gasteiger partial charge in [-0.2, -0.15) is 0 Å². The second-order valence-electron chi connectivity index (χ2n) is 6.80. The summed E-state index contributed by atoms with van der Waals surface area (Å²) in [6.07, 6.45) is 0. The van der Waals surface area contributed by atoms with E-state index in [1.807, 2.05) is 31.2 Å². The number of benzene rings is 2. The van der Waals surface area contributed by atoms with Crippen molar-refractivity contribution in [1.82, 2.24) is 10.2 Å². The summed E-state index contributed by atoms with van der Waals surface area (Å²) in [4.78, 5) is 16.7. The number of hydrogen-bond acceptors (Lipinski definition) is 3. The molecule has 0 bridgehead atoms. The van der Waals surface area contributed by atoms with Crippen LogP contribution in [0, 0.1) is 11.6 Å². The number of para-hydroxylation sites is 1. The van der Waals surface area contributed by atoms with Crippen molar-refractivity contribution in [2.75, 3.05) is 43.4 Å². The van der Waals surface area contributed by atoms with Gasteiger partial charge in [-0.3, -0.25) is 0 Å². The highest BCUT2D eigenvalue weighted by Crippen LogP contribution is 2.21. The quantitative estimate of drug-likeness (QED) is 0.860. The molecular weight excluding hydrogens is 350 g/mol. The normalized spacial score (nSPS) is 16.1. The van der Waals surface area contributed by atoms with E-state index in [-0.39, 0.29) is 6.04 Å². The second kappa shape index (κ2) is 8.35. The molecule has 2 aromatic rings. The monoisotopic (exact) mass is 374 g/mol. The fraction of sp³-hybridized carbons (Fsp3) is 0.350. The SMILES string of the molecule is CC(NC(=O)Nc1c(F)cccc1F)c1ccc(N2CCN(C)CC2)cc1. The van der Waals surface area contributed by atoms with Crippen molar-refractivity contribution in [3.63, 3.8) is 0 Å². The van der Waals surface area contributed by atoms with Crippen molar-refractivity contribution in [1.29, 1.82) is 0 Å². The van der Waals surface area contributed by atoms with Crippen LogP contribution in [0.15, 0.2) is 42.5 Å². The van der Waals surface area contributed by atoms with E-state index in [4.69, 9.17) is 0 Å². The van der Waals surface area contributed by atoms with Crippen molar-refractivity contribution < 1.29 is 13.6 Å². The van der Waals surface area contributed by atoms with Crippen molar-refractivity contribution in [3.05, 3.63) is 59.7 Å². The molecule has 5 nitrogen and oxygen atoms in total. The van der Waals surface area contributed by atoms with Gasteiger partial charge in [0.2, 0.25) is 0 Å². The van der Waals surface area contributed by atoms with E-state index >= 15 is 0 Å². The number of likely N-dealkylation sites (N-methyl/N-ethyl adjacent to an activating group) is 1. The van der Waals surface area contributed by atoms with Crippen LogP contribution >= 0.6 is 0 Å². The molecule has 7 heteroatoms. The van der Waals surface area contributed by atoms with Gasteiger partial charge < -0.3 is 20.4 Å². The first kappa shape index (κ1) is 19.1. The van der Waals surface area contributed by atoms with Crippen molar-refractivity contribution in [2.24, 2.45) is 0 Å². The number of hydrogen-bond donors (Lipinski definition) is 2. The van der Waals surface area contributed by atoms with Crippen LogP contribution in [-0.4, -0.2) is 44.2 Å². The number of urea groups is 1. The summed E-state index contributed by atoms with van der Waals surface area (Å²) in [5, 5.41) is 4.93. The Labute approximate surface area is 158 Å². The van der Waals surface area contributed by atoms with Crippen LogP contribution in [-0.2, 0) is 0 Å². The second-order valence-corrected chi connectivity index (χ2v) is 6.80. The Balaban J connectivity index is 1.59. The Bertz CT molecular complexity index is 769. The van der Waals surface area contributed by atoms with Gasteiger partial charge in [0.25, 0.3) is 0 Å². The largest absolute Gasteiger partial charge is 0.369 e. The Kier molecular flexibility index (Phi) is 5.91. The number of carbonyl (C=O) groups excluding carboxylic acids is 1. The number of halogens is 2. The summed E-state index contributed by atoms with van der Waals surface area (Å²) < 4.78 is 27.3. The first-order chi connectivity index (χ1) is 12.9. The molecule has 1 heterocycles. The van der Waals surface area contributed by atoms with Gasteiger partial charge >= 0.3 is 6.03 Å². The smallest absolute Gasteiger partial charge is 0.319 e. The fourth-order valence-electron chi connectivity index (χ4n) is 3.09. The first-order valence-electron chi connectivity index (χ1n) is 8.99. The lowest BCUT2D eigenvalue weighted by Crippen LogP contribution is -2.44. The molecule has 1 atom stereocenters. The molecule has 1 unspecified atom stereocenters. The van der Waals surface area contributed by atoms with Gasteiger partial charge in [-0.05, 0) is 43.8 Å². The standard InChI is InChI=1S/C20H24F2N4O/c1-14(23-20(27)24-19-17(21)4-3-5-18(19)22)15-6-8-16(9-7-15)26-12-10-25(2)11-13-26/h3-9,14H,10-13H2,1-2H3,(H2,23,24,27). The van der Waals surface area contributed by atoms with Gasteiger partial charge in [0.15, 0.2) is 0 Å². The Hall–Kier alpha value is -2.67. The van der Waals surface area contributed by atoms with Crippen LogP contribution in [0.2, 0.25) is 0 Å². The van der Waals surface area contributed by atoms with Gasteiger partial charge in [-0.15, -0.1) is 0 Å². The predicted octanol–water partition coefficient (Wildman–Crippen LogP) is 3.60. The minimum atomic E-state index is -0.811. The molecule has 2 amide bonds. The Morgan fingerprint density at radius 2 is 1.59 bits per heavy atom. The zero-order valence-corrected chi connectivity index (χ0v) is 15.5. The van der Waals surface area contributed by atoms with Gasteiger partial charge in [-0.25, -0.2) is 13.6 Å². The summed E-state index contributed by atoms with van der Waals surface area (Å²) in [5.74, 6) is -1.62. The number of piperazine rings is 1.